The molecule has 0 radical (unpaired) electrons. The highest BCUT2D eigenvalue weighted by Crippen LogP contribution is 2.19. The van der Waals surface area contributed by atoms with Gasteiger partial charge in [0.1, 0.15) is 11.9 Å². The lowest BCUT2D eigenvalue weighted by Gasteiger charge is -2.23. The Balaban J connectivity index is 1.91. The fraction of sp³-hybridized carbons (Fsp3) is 0.429. The molecule has 1 aliphatic carbocycles. The first-order chi connectivity index (χ1) is 8.79. The molecule has 0 aliphatic heterocycles. The van der Waals surface area contributed by atoms with Crippen LogP contribution in [-0.2, 0) is 4.74 Å². The average molecular weight is 247 g/mol. The Morgan fingerprint density at radius 2 is 2.06 bits per heavy atom. The molecule has 1 atom stereocenters. The molecule has 2 rings (SSSR count). The molecule has 4 nitrogen and oxygen atoms in total. The second-order valence-electron chi connectivity index (χ2n) is 4.23. The van der Waals surface area contributed by atoms with E-state index >= 15 is 0 Å². The predicted octanol–water partition coefficient (Wildman–Crippen LogP) is 3.22. The third-order valence-electron chi connectivity index (χ3n) is 2.99. The molecule has 0 spiro atoms. The van der Waals surface area contributed by atoms with Gasteiger partial charge in [0.05, 0.1) is 5.71 Å². The minimum absolute atomic E-state index is 0.222. The number of para-hydroxylation sites is 1. The highest BCUT2D eigenvalue weighted by atomic mass is 16.7. The number of carbonyl (C=O) groups excluding carboxylic acids is 1. The first-order valence-corrected chi connectivity index (χ1v) is 6.18. The van der Waals surface area contributed by atoms with Crippen molar-refractivity contribution in [1.29, 1.82) is 0 Å². The lowest BCUT2D eigenvalue weighted by molar-refractivity contribution is 0.0757. The van der Waals surface area contributed by atoms with Crippen LogP contribution < -0.4 is 4.74 Å². The molecule has 0 amide bonds. The van der Waals surface area contributed by atoms with Crippen LogP contribution in [0.2, 0.25) is 0 Å². The lowest BCUT2D eigenvalue weighted by atomic mass is 9.95. The van der Waals surface area contributed by atoms with Gasteiger partial charge in [0.25, 0.3) is 0 Å². The quantitative estimate of drug-likeness (QED) is 0.595. The average Bonchev–Trinajstić information content (AvgIpc) is 2.40. The highest BCUT2D eigenvalue weighted by molar-refractivity contribution is 5.90. The summed E-state index contributed by atoms with van der Waals surface area (Å²) >= 11 is 0. The summed E-state index contributed by atoms with van der Waals surface area (Å²) in [6.45, 7) is 0. The maximum Gasteiger partial charge on any atom is 0.514 e. The number of aliphatic imine (C=N–C) groups is 1. The first-order valence-electron chi connectivity index (χ1n) is 6.18. The van der Waals surface area contributed by atoms with E-state index in [-0.39, 0.29) is 6.10 Å². The van der Waals surface area contributed by atoms with Crippen molar-refractivity contribution in [2.24, 2.45) is 4.99 Å². The van der Waals surface area contributed by atoms with Crippen LogP contribution in [0.25, 0.3) is 0 Å². The van der Waals surface area contributed by atoms with Crippen LogP contribution in [0.1, 0.15) is 25.7 Å². The Hall–Kier alpha value is -1.84. The molecule has 1 aromatic rings. The van der Waals surface area contributed by atoms with E-state index in [2.05, 4.69) is 4.99 Å². The van der Waals surface area contributed by atoms with Crippen LogP contribution in [-0.4, -0.2) is 25.0 Å². The van der Waals surface area contributed by atoms with E-state index in [4.69, 9.17) is 9.47 Å². The van der Waals surface area contributed by atoms with Crippen molar-refractivity contribution in [2.75, 3.05) is 7.05 Å². The van der Waals surface area contributed by atoms with Gasteiger partial charge in [-0.3, -0.25) is 4.99 Å². The van der Waals surface area contributed by atoms with Gasteiger partial charge in [-0.05, 0) is 37.8 Å². The largest absolute Gasteiger partial charge is 0.514 e. The Kier molecular flexibility index (Phi) is 4.34. The topological polar surface area (TPSA) is 47.9 Å². The van der Waals surface area contributed by atoms with Crippen LogP contribution in [0, 0.1) is 0 Å². The van der Waals surface area contributed by atoms with Crippen LogP contribution >= 0.6 is 0 Å². The van der Waals surface area contributed by atoms with Gasteiger partial charge in [-0.25, -0.2) is 4.79 Å². The van der Waals surface area contributed by atoms with Gasteiger partial charge < -0.3 is 9.47 Å². The number of hydrogen-bond donors (Lipinski definition) is 0. The summed E-state index contributed by atoms with van der Waals surface area (Å²) in [5.41, 5.74) is 0.950. The van der Waals surface area contributed by atoms with E-state index in [0.717, 1.165) is 31.4 Å². The molecule has 0 aromatic heterocycles. The third kappa shape index (κ3) is 3.32. The molecule has 0 N–H and O–H groups in total. The normalized spacial score (nSPS) is 21.6. The third-order valence-corrected chi connectivity index (χ3v) is 2.99. The van der Waals surface area contributed by atoms with Crippen molar-refractivity contribution in [2.45, 2.75) is 31.8 Å². The van der Waals surface area contributed by atoms with E-state index in [9.17, 15) is 4.79 Å². The lowest BCUT2D eigenvalue weighted by Crippen LogP contribution is -2.31. The summed E-state index contributed by atoms with van der Waals surface area (Å²) in [5.74, 6) is 0.494. The standard InChI is InChI=1S/C14H17NO3/c1-15-12-9-5-6-10-13(12)18-14(16)17-11-7-3-2-4-8-11/h2-4,7-8,13H,5-6,9-10H2,1H3. The molecule has 4 heteroatoms. The second-order valence-corrected chi connectivity index (χ2v) is 4.23. The maximum atomic E-state index is 11.6. The fourth-order valence-corrected chi connectivity index (χ4v) is 2.07. The Morgan fingerprint density at radius 3 is 2.78 bits per heavy atom. The van der Waals surface area contributed by atoms with Crippen LogP contribution in [0.15, 0.2) is 35.3 Å². The zero-order valence-corrected chi connectivity index (χ0v) is 10.5. The van der Waals surface area contributed by atoms with Gasteiger partial charge >= 0.3 is 6.16 Å². The molecule has 1 aromatic carbocycles. The molecular formula is C14H17NO3. The molecule has 1 aliphatic rings. The molecule has 1 saturated carbocycles. The van der Waals surface area contributed by atoms with Crippen LogP contribution in [0.4, 0.5) is 4.79 Å². The van der Waals surface area contributed by atoms with E-state index in [0.29, 0.717) is 5.75 Å². The van der Waals surface area contributed by atoms with E-state index < -0.39 is 6.16 Å². The summed E-state index contributed by atoms with van der Waals surface area (Å²) in [4.78, 5) is 15.8. The zero-order valence-electron chi connectivity index (χ0n) is 10.5. The van der Waals surface area contributed by atoms with Gasteiger partial charge in [-0.15, -0.1) is 0 Å². The summed E-state index contributed by atoms with van der Waals surface area (Å²) in [6.07, 6.45) is 3.02. The first kappa shape index (κ1) is 12.6. The van der Waals surface area contributed by atoms with Crippen molar-refractivity contribution in [3.8, 4) is 5.75 Å². The summed E-state index contributed by atoms with van der Waals surface area (Å²) in [6, 6.07) is 8.92. The number of benzene rings is 1. The predicted molar refractivity (Wildman–Crippen MR) is 69.2 cm³/mol. The zero-order chi connectivity index (χ0) is 12.8. The highest BCUT2D eigenvalue weighted by Gasteiger charge is 2.24. The molecule has 1 unspecified atom stereocenters. The van der Waals surface area contributed by atoms with Gasteiger partial charge in [0, 0.05) is 7.05 Å². The number of ether oxygens (including phenoxy) is 2. The Labute approximate surface area is 107 Å². The number of nitrogens with zero attached hydrogens (tertiary/aromatic N) is 1. The monoisotopic (exact) mass is 247 g/mol. The van der Waals surface area contributed by atoms with E-state index in [1.165, 1.54) is 0 Å². The fourth-order valence-electron chi connectivity index (χ4n) is 2.07. The SMILES string of the molecule is CN=C1CCCCC1OC(=O)Oc1ccccc1. The van der Waals surface area contributed by atoms with Gasteiger partial charge in [-0.1, -0.05) is 18.2 Å². The number of rotatable bonds is 2. The molecule has 1 fully saturated rings. The van der Waals surface area contributed by atoms with Crippen molar-refractivity contribution in [3.63, 3.8) is 0 Å². The molecular weight excluding hydrogens is 230 g/mol. The van der Waals surface area contributed by atoms with E-state index in [1.807, 2.05) is 18.2 Å². The number of carbonyl (C=O) groups is 1. The van der Waals surface area contributed by atoms with Gasteiger partial charge in [0.15, 0.2) is 0 Å². The number of hydrogen-bond acceptors (Lipinski definition) is 4. The smallest absolute Gasteiger partial charge is 0.425 e. The van der Waals surface area contributed by atoms with Crippen molar-refractivity contribution < 1.29 is 14.3 Å². The van der Waals surface area contributed by atoms with Crippen molar-refractivity contribution >= 4 is 11.9 Å². The molecule has 96 valence electrons. The summed E-state index contributed by atoms with van der Waals surface area (Å²) in [5, 5.41) is 0. The summed E-state index contributed by atoms with van der Waals surface area (Å²) in [7, 11) is 1.74. The second kappa shape index (κ2) is 6.19. The van der Waals surface area contributed by atoms with Gasteiger partial charge in [-0.2, -0.15) is 0 Å². The summed E-state index contributed by atoms with van der Waals surface area (Å²) < 4.78 is 10.4. The minimum Gasteiger partial charge on any atom is -0.425 e. The van der Waals surface area contributed by atoms with Gasteiger partial charge in [0.2, 0.25) is 0 Å². The van der Waals surface area contributed by atoms with Crippen LogP contribution in [0.3, 0.4) is 0 Å². The minimum atomic E-state index is -0.658. The molecule has 18 heavy (non-hydrogen) atoms. The van der Waals surface area contributed by atoms with Crippen molar-refractivity contribution in [3.05, 3.63) is 30.3 Å². The molecule has 0 heterocycles. The maximum absolute atomic E-state index is 11.6. The Bertz CT molecular complexity index is 428. The Morgan fingerprint density at radius 1 is 1.28 bits per heavy atom. The molecule has 0 saturated heterocycles. The van der Waals surface area contributed by atoms with E-state index in [1.54, 1.807) is 19.2 Å². The van der Waals surface area contributed by atoms with Crippen LogP contribution in [0.5, 0.6) is 5.75 Å². The van der Waals surface area contributed by atoms with Crippen molar-refractivity contribution in [1.82, 2.24) is 0 Å². The molecule has 0 bridgehead atoms.